The standard InChI is InChI=1S/C20H21Cl2FN2O4S2/c1-31(27,28)25-9-7-19(29-18-6-5-13(21)11-17(18)25)20(26)24-8-10-30-12-14-15(22)3-2-4-16(14)23/h2-6,11,19H,7-10,12H2,1H3,(H,24,26). The molecule has 11 heteroatoms. The minimum atomic E-state index is -3.57. The highest BCUT2D eigenvalue weighted by Crippen LogP contribution is 2.36. The second-order valence-electron chi connectivity index (χ2n) is 6.89. The van der Waals surface area contributed by atoms with Crippen LogP contribution in [0, 0.1) is 5.82 Å². The molecule has 2 aromatic rings. The van der Waals surface area contributed by atoms with Gasteiger partial charge >= 0.3 is 0 Å². The zero-order valence-corrected chi connectivity index (χ0v) is 19.8. The summed E-state index contributed by atoms with van der Waals surface area (Å²) in [6.45, 7) is 0.434. The van der Waals surface area contributed by atoms with Crippen molar-refractivity contribution in [2.45, 2.75) is 18.3 Å². The van der Waals surface area contributed by atoms with Crippen LogP contribution in [0.4, 0.5) is 10.1 Å². The molecule has 1 unspecified atom stereocenters. The molecule has 1 heterocycles. The van der Waals surface area contributed by atoms with Crippen molar-refractivity contribution >= 4 is 56.6 Å². The van der Waals surface area contributed by atoms with Gasteiger partial charge in [0.05, 0.1) is 11.9 Å². The zero-order chi connectivity index (χ0) is 22.6. The summed E-state index contributed by atoms with van der Waals surface area (Å²) < 4.78 is 45.2. The highest BCUT2D eigenvalue weighted by molar-refractivity contribution is 7.98. The summed E-state index contributed by atoms with van der Waals surface area (Å²) in [7, 11) is -3.57. The molecule has 0 radical (unpaired) electrons. The fourth-order valence-electron chi connectivity index (χ4n) is 3.09. The summed E-state index contributed by atoms with van der Waals surface area (Å²) in [6.07, 6.45) is 0.429. The molecule has 2 aromatic carbocycles. The summed E-state index contributed by atoms with van der Waals surface area (Å²) in [5.41, 5.74) is 0.742. The molecule has 0 fully saturated rings. The number of anilines is 1. The third-order valence-corrected chi connectivity index (χ3v) is 7.35. The van der Waals surface area contributed by atoms with Gasteiger partial charge in [-0.15, -0.1) is 0 Å². The van der Waals surface area contributed by atoms with Crippen LogP contribution in [0.2, 0.25) is 10.0 Å². The van der Waals surface area contributed by atoms with E-state index in [0.29, 0.717) is 39.3 Å². The maximum absolute atomic E-state index is 13.8. The maximum Gasteiger partial charge on any atom is 0.261 e. The van der Waals surface area contributed by atoms with Gasteiger partial charge in [0.1, 0.15) is 11.6 Å². The van der Waals surface area contributed by atoms with E-state index in [4.69, 9.17) is 27.9 Å². The molecule has 31 heavy (non-hydrogen) atoms. The highest BCUT2D eigenvalue weighted by atomic mass is 35.5. The van der Waals surface area contributed by atoms with Crippen molar-refractivity contribution in [3.8, 4) is 5.75 Å². The predicted molar refractivity (Wildman–Crippen MR) is 123 cm³/mol. The van der Waals surface area contributed by atoms with Crippen LogP contribution in [0.3, 0.4) is 0 Å². The number of carbonyl (C=O) groups is 1. The van der Waals surface area contributed by atoms with Gasteiger partial charge in [-0.3, -0.25) is 9.10 Å². The minimum Gasteiger partial charge on any atom is -0.478 e. The van der Waals surface area contributed by atoms with E-state index in [0.717, 1.165) is 6.26 Å². The van der Waals surface area contributed by atoms with Gasteiger partial charge in [-0.25, -0.2) is 12.8 Å². The lowest BCUT2D eigenvalue weighted by molar-refractivity contribution is -0.127. The molecule has 0 aliphatic carbocycles. The minimum absolute atomic E-state index is 0.0881. The van der Waals surface area contributed by atoms with E-state index < -0.39 is 16.1 Å². The number of ether oxygens (including phenoxy) is 1. The zero-order valence-electron chi connectivity index (χ0n) is 16.6. The lowest BCUT2D eigenvalue weighted by Gasteiger charge is -2.21. The van der Waals surface area contributed by atoms with Crippen LogP contribution in [0.25, 0.3) is 0 Å². The van der Waals surface area contributed by atoms with Gasteiger partial charge in [-0.05, 0) is 30.3 Å². The molecule has 0 bridgehead atoms. The van der Waals surface area contributed by atoms with Gasteiger partial charge in [0, 0.05) is 46.6 Å². The number of thioether (sulfide) groups is 1. The molecule has 1 aliphatic heterocycles. The summed E-state index contributed by atoms with van der Waals surface area (Å²) in [5, 5.41) is 3.53. The molecule has 1 atom stereocenters. The molecule has 0 spiro atoms. The van der Waals surface area contributed by atoms with Crippen LogP contribution in [0.15, 0.2) is 36.4 Å². The number of carbonyl (C=O) groups excluding carboxylic acids is 1. The van der Waals surface area contributed by atoms with Crippen LogP contribution in [0.5, 0.6) is 5.75 Å². The fourth-order valence-corrected chi connectivity index (χ4v) is 5.39. The Morgan fingerprint density at radius 2 is 2.10 bits per heavy atom. The number of nitrogens with zero attached hydrogens (tertiary/aromatic N) is 1. The van der Waals surface area contributed by atoms with Gasteiger partial charge in [0.25, 0.3) is 5.91 Å². The molecule has 1 N–H and O–H groups in total. The monoisotopic (exact) mass is 506 g/mol. The number of halogens is 3. The Morgan fingerprint density at radius 1 is 1.32 bits per heavy atom. The van der Waals surface area contributed by atoms with E-state index in [1.54, 1.807) is 24.3 Å². The van der Waals surface area contributed by atoms with Crippen molar-refractivity contribution in [3.63, 3.8) is 0 Å². The third kappa shape index (κ3) is 6.19. The summed E-state index contributed by atoms with van der Waals surface area (Å²) >= 11 is 13.5. The van der Waals surface area contributed by atoms with E-state index in [-0.39, 0.29) is 30.4 Å². The number of hydrogen-bond donors (Lipinski definition) is 1. The Bertz CT molecular complexity index is 1050. The molecule has 1 aliphatic rings. The van der Waals surface area contributed by atoms with Gasteiger partial charge in [0.15, 0.2) is 6.10 Å². The molecule has 0 saturated heterocycles. The van der Waals surface area contributed by atoms with Crippen molar-refractivity contribution in [2.24, 2.45) is 0 Å². The van der Waals surface area contributed by atoms with E-state index in [2.05, 4.69) is 5.32 Å². The smallest absolute Gasteiger partial charge is 0.261 e. The first-order valence-electron chi connectivity index (χ1n) is 9.39. The van der Waals surface area contributed by atoms with Gasteiger partial charge in [0.2, 0.25) is 10.0 Å². The van der Waals surface area contributed by atoms with Crippen LogP contribution >= 0.6 is 35.0 Å². The van der Waals surface area contributed by atoms with Gasteiger partial charge in [-0.1, -0.05) is 29.3 Å². The number of benzene rings is 2. The Hall–Kier alpha value is -1.68. The molecule has 1 amide bonds. The number of sulfonamides is 1. The first kappa shape index (κ1) is 24.0. The normalized spacial score (nSPS) is 16.3. The Kier molecular flexibility index (Phi) is 7.96. The number of hydrogen-bond acceptors (Lipinski definition) is 5. The van der Waals surface area contributed by atoms with Gasteiger partial charge in [-0.2, -0.15) is 11.8 Å². The van der Waals surface area contributed by atoms with Crippen molar-refractivity contribution in [2.75, 3.05) is 29.4 Å². The van der Waals surface area contributed by atoms with Crippen molar-refractivity contribution in [3.05, 3.63) is 57.8 Å². The quantitative estimate of drug-likeness (QED) is 0.572. The van der Waals surface area contributed by atoms with Gasteiger partial charge < -0.3 is 10.1 Å². The van der Waals surface area contributed by atoms with E-state index >= 15 is 0 Å². The Balaban J connectivity index is 1.57. The average Bonchev–Trinajstić information content (AvgIpc) is 2.88. The number of rotatable bonds is 7. The van der Waals surface area contributed by atoms with Crippen molar-refractivity contribution in [1.82, 2.24) is 5.32 Å². The number of nitrogens with one attached hydrogen (secondary N) is 1. The van der Waals surface area contributed by atoms with E-state index in [1.165, 1.54) is 28.2 Å². The second-order valence-corrected chi connectivity index (χ2v) is 10.7. The molecule has 3 rings (SSSR count). The van der Waals surface area contributed by atoms with Crippen LogP contribution < -0.4 is 14.4 Å². The van der Waals surface area contributed by atoms with Crippen LogP contribution in [0.1, 0.15) is 12.0 Å². The first-order chi connectivity index (χ1) is 14.7. The molecule has 0 aromatic heterocycles. The highest BCUT2D eigenvalue weighted by Gasteiger charge is 2.31. The molecule has 0 saturated carbocycles. The Morgan fingerprint density at radius 3 is 2.81 bits per heavy atom. The average molecular weight is 507 g/mol. The van der Waals surface area contributed by atoms with E-state index in [1.807, 2.05) is 0 Å². The lowest BCUT2D eigenvalue weighted by atomic mass is 10.2. The molecular weight excluding hydrogens is 486 g/mol. The summed E-state index contributed by atoms with van der Waals surface area (Å²) in [4.78, 5) is 12.6. The summed E-state index contributed by atoms with van der Waals surface area (Å²) in [6, 6.07) is 9.17. The largest absolute Gasteiger partial charge is 0.478 e. The molecule has 168 valence electrons. The molecule has 6 nitrogen and oxygen atoms in total. The first-order valence-corrected chi connectivity index (χ1v) is 13.1. The second kappa shape index (κ2) is 10.3. The number of fused-ring (bicyclic) bond motifs is 1. The number of amides is 1. The predicted octanol–water partition coefficient (Wildman–Crippen LogP) is 4.10. The van der Waals surface area contributed by atoms with Crippen LogP contribution in [-0.2, 0) is 20.6 Å². The maximum atomic E-state index is 13.8. The van der Waals surface area contributed by atoms with Crippen molar-refractivity contribution in [1.29, 1.82) is 0 Å². The summed E-state index contributed by atoms with van der Waals surface area (Å²) in [5.74, 6) is 0.505. The van der Waals surface area contributed by atoms with Crippen LogP contribution in [-0.4, -0.2) is 45.5 Å². The van der Waals surface area contributed by atoms with Crippen molar-refractivity contribution < 1.29 is 22.3 Å². The molecular formula is C20H21Cl2FN2O4S2. The van der Waals surface area contributed by atoms with E-state index in [9.17, 15) is 17.6 Å². The third-order valence-electron chi connectivity index (χ3n) is 4.60. The Labute approximate surface area is 195 Å². The topological polar surface area (TPSA) is 75.7 Å². The SMILES string of the molecule is CS(=O)(=O)N1CCC(C(=O)NCCSCc2c(F)cccc2Cl)Oc2ccc(Cl)cc21. The lowest BCUT2D eigenvalue weighted by Crippen LogP contribution is -2.40. The fraction of sp³-hybridized carbons (Fsp3) is 0.350.